The van der Waals surface area contributed by atoms with Gasteiger partial charge in [-0.2, -0.15) is 5.10 Å². The highest BCUT2D eigenvalue weighted by Gasteiger charge is 2.44. The predicted octanol–water partition coefficient (Wildman–Crippen LogP) is 1.81. The van der Waals surface area contributed by atoms with Crippen molar-refractivity contribution in [1.29, 1.82) is 0 Å². The van der Waals surface area contributed by atoms with E-state index in [-0.39, 0.29) is 18.5 Å². The number of primary amides is 1. The number of hydrogen-bond donors (Lipinski definition) is 4. The summed E-state index contributed by atoms with van der Waals surface area (Å²) in [6.07, 6.45) is 6.12. The van der Waals surface area contributed by atoms with E-state index < -0.39 is 11.4 Å². The van der Waals surface area contributed by atoms with Crippen LogP contribution in [-0.2, 0) is 16.8 Å². The van der Waals surface area contributed by atoms with Crippen LogP contribution in [0.25, 0.3) is 0 Å². The van der Waals surface area contributed by atoms with Crippen LogP contribution in [0.5, 0.6) is 0 Å². The second-order valence-corrected chi connectivity index (χ2v) is 7.97. The molecule has 1 aliphatic carbocycles. The molecule has 5 N–H and O–H groups in total. The molecule has 0 saturated heterocycles. The Bertz CT molecular complexity index is 994. The lowest BCUT2D eigenvalue weighted by Gasteiger charge is -2.43. The summed E-state index contributed by atoms with van der Waals surface area (Å²) in [5.74, 6) is 0.0924. The minimum atomic E-state index is -0.728. The number of carbonyl (C=O) groups is 2. The fourth-order valence-corrected chi connectivity index (χ4v) is 4.12. The van der Waals surface area contributed by atoms with Crippen LogP contribution in [-0.4, -0.2) is 34.7 Å². The van der Waals surface area contributed by atoms with Gasteiger partial charge in [-0.05, 0) is 30.9 Å². The second kappa shape index (κ2) is 7.85. The fraction of sp³-hybridized carbons (Fsp3) is 0.409. The van der Waals surface area contributed by atoms with Gasteiger partial charge in [-0.3, -0.25) is 9.59 Å². The monoisotopic (exact) mass is 408 g/mol. The first-order valence-corrected chi connectivity index (χ1v) is 10.4. The number of aromatic nitrogens is 2. The molecule has 0 spiro atoms. The van der Waals surface area contributed by atoms with E-state index in [1.54, 1.807) is 6.20 Å². The number of nitrogens with one attached hydrogen (secondary N) is 3. The van der Waals surface area contributed by atoms with Gasteiger partial charge in [-0.25, -0.2) is 4.68 Å². The summed E-state index contributed by atoms with van der Waals surface area (Å²) in [5.41, 5.74) is 8.07. The molecule has 0 saturated carbocycles. The van der Waals surface area contributed by atoms with Crippen molar-refractivity contribution in [3.63, 3.8) is 0 Å². The van der Waals surface area contributed by atoms with Crippen LogP contribution < -0.4 is 21.7 Å². The van der Waals surface area contributed by atoms with Gasteiger partial charge < -0.3 is 21.7 Å². The number of nitrogens with zero attached hydrogens (tertiary/aromatic N) is 2. The summed E-state index contributed by atoms with van der Waals surface area (Å²) < 4.78 is 1.87. The van der Waals surface area contributed by atoms with Crippen molar-refractivity contribution < 1.29 is 9.59 Å². The van der Waals surface area contributed by atoms with Crippen molar-refractivity contribution in [2.45, 2.75) is 44.7 Å². The molecule has 8 nitrogen and oxygen atoms in total. The van der Waals surface area contributed by atoms with Crippen molar-refractivity contribution in [2.75, 3.05) is 18.4 Å². The van der Waals surface area contributed by atoms with Crippen LogP contribution in [0.4, 0.5) is 5.82 Å². The first-order chi connectivity index (χ1) is 14.4. The van der Waals surface area contributed by atoms with Crippen LogP contribution in [0.3, 0.4) is 0 Å². The topological polar surface area (TPSA) is 114 Å². The van der Waals surface area contributed by atoms with E-state index >= 15 is 0 Å². The lowest BCUT2D eigenvalue weighted by atomic mass is 9.74. The summed E-state index contributed by atoms with van der Waals surface area (Å²) in [4.78, 5) is 24.6. The summed E-state index contributed by atoms with van der Waals surface area (Å²) >= 11 is 0. The van der Waals surface area contributed by atoms with E-state index in [1.165, 1.54) is 5.56 Å². The molecule has 0 fully saturated rings. The first kappa shape index (κ1) is 20.0. The molecule has 0 radical (unpaired) electrons. The van der Waals surface area contributed by atoms with E-state index in [9.17, 15) is 9.59 Å². The fourth-order valence-electron chi connectivity index (χ4n) is 4.12. The van der Waals surface area contributed by atoms with Crippen LogP contribution in [0, 0.1) is 0 Å². The van der Waals surface area contributed by atoms with E-state index in [0.717, 1.165) is 36.5 Å². The lowest BCUT2D eigenvalue weighted by Crippen LogP contribution is -2.55. The number of rotatable bonds is 7. The van der Waals surface area contributed by atoms with Gasteiger partial charge in [0, 0.05) is 18.7 Å². The van der Waals surface area contributed by atoms with Crippen molar-refractivity contribution in [2.24, 2.45) is 5.73 Å². The van der Waals surface area contributed by atoms with Crippen LogP contribution in [0.2, 0.25) is 0 Å². The maximum absolute atomic E-state index is 13.3. The summed E-state index contributed by atoms with van der Waals surface area (Å²) in [6, 6.07) is 8.45. The summed E-state index contributed by atoms with van der Waals surface area (Å²) in [5, 5.41) is 14.0. The Labute approximate surface area is 175 Å². The molecule has 1 aromatic carbocycles. The Morgan fingerprint density at radius 2 is 2.10 bits per heavy atom. The number of anilines is 1. The number of hydrogen-bond acceptors (Lipinski definition) is 5. The van der Waals surface area contributed by atoms with Gasteiger partial charge in [0.15, 0.2) is 0 Å². The highest BCUT2D eigenvalue weighted by atomic mass is 16.2. The second-order valence-electron chi connectivity index (χ2n) is 7.97. The molecule has 158 valence electrons. The SMILES string of the molecule is CCc1ccc(C2(NC(=O)c3cnn4c3NCCC4C)CC=C2NCC(N)=O)cc1. The third-order valence-corrected chi connectivity index (χ3v) is 6.02. The van der Waals surface area contributed by atoms with Crippen LogP contribution in [0.15, 0.2) is 42.2 Å². The molecule has 4 rings (SSSR count). The van der Waals surface area contributed by atoms with Gasteiger partial charge in [0.25, 0.3) is 5.91 Å². The molecule has 2 aliphatic rings. The number of carbonyl (C=O) groups excluding carboxylic acids is 2. The van der Waals surface area contributed by atoms with Gasteiger partial charge in [0.2, 0.25) is 5.91 Å². The van der Waals surface area contributed by atoms with E-state index in [0.29, 0.717) is 12.0 Å². The molecule has 1 aliphatic heterocycles. The Morgan fingerprint density at radius 3 is 2.73 bits per heavy atom. The summed E-state index contributed by atoms with van der Waals surface area (Å²) in [7, 11) is 0. The Morgan fingerprint density at radius 1 is 1.33 bits per heavy atom. The Balaban J connectivity index is 1.64. The van der Waals surface area contributed by atoms with E-state index in [4.69, 9.17) is 5.73 Å². The molecule has 2 unspecified atom stereocenters. The van der Waals surface area contributed by atoms with Crippen molar-refractivity contribution in [1.82, 2.24) is 20.4 Å². The molecule has 2 aromatic rings. The Hall–Kier alpha value is -3.29. The van der Waals surface area contributed by atoms with Crippen molar-refractivity contribution in [3.8, 4) is 0 Å². The maximum atomic E-state index is 13.3. The third kappa shape index (κ3) is 3.42. The van der Waals surface area contributed by atoms with E-state index in [1.807, 2.05) is 22.9 Å². The molecule has 2 atom stereocenters. The lowest BCUT2D eigenvalue weighted by molar-refractivity contribution is -0.117. The number of fused-ring (bicyclic) bond motifs is 1. The van der Waals surface area contributed by atoms with E-state index in [2.05, 4.69) is 47.0 Å². The largest absolute Gasteiger partial charge is 0.378 e. The number of amides is 2. The van der Waals surface area contributed by atoms with Gasteiger partial charge in [-0.1, -0.05) is 37.3 Å². The minimum absolute atomic E-state index is 0.0126. The number of nitrogens with two attached hydrogens (primary N) is 1. The normalized spacial score (nSPS) is 22.2. The standard InChI is InChI=1S/C22H28N6O2/c1-3-15-4-6-16(7-5-15)22(10-8-18(22)25-13-19(23)29)27-21(30)17-12-26-28-14(2)9-11-24-20(17)28/h4-8,12,14,24-25H,3,9-11,13H2,1-2H3,(H2,23,29)(H,27,30). The highest BCUT2D eigenvalue weighted by molar-refractivity contribution is 5.99. The zero-order chi connectivity index (χ0) is 21.3. The first-order valence-electron chi connectivity index (χ1n) is 10.4. The molecular weight excluding hydrogens is 380 g/mol. The maximum Gasteiger partial charge on any atom is 0.257 e. The predicted molar refractivity (Wildman–Crippen MR) is 115 cm³/mol. The zero-order valence-electron chi connectivity index (χ0n) is 17.4. The van der Waals surface area contributed by atoms with Crippen molar-refractivity contribution in [3.05, 3.63) is 58.9 Å². The van der Waals surface area contributed by atoms with Gasteiger partial charge in [0.05, 0.1) is 18.8 Å². The van der Waals surface area contributed by atoms with Gasteiger partial charge in [0.1, 0.15) is 16.9 Å². The minimum Gasteiger partial charge on any atom is -0.378 e. The summed E-state index contributed by atoms with van der Waals surface area (Å²) in [6.45, 7) is 5.02. The highest BCUT2D eigenvalue weighted by Crippen LogP contribution is 2.41. The zero-order valence-corrected chi connectivity index (χ0v) is 17.4. The molecule has 1 aromatic heterocycles. The molecule has 0 bridgehead atoms. The van der Waals surface area contributed by atoms with Crippen LogP contribution >= 0.6 is 0 Å². The smallest absolute Gasteiger partial charge is 0.257 e. The third-order valence-electron chi connectivity index (χ3n) is 6.02. The van der Waals surface area contributed by atoms with Gasteiger partial charge in [-0.15, -0.1) is 0 Å². The van der Waals surface area contributed by atoms with Gasteiger partial charge >= 0.3 is 0 Å². The number of aryl methyl sites for hydroxylation is 1. The molecule has 30 heavy (non-hydrogen) atoms. The average Bonchev–Trinajstić information content (AvgIpc) is 3.17. The molecule has 2 heterocycles. The quantitative estimate of drug-likeness (QED) is 0.558. The van der Waals surface area contributed by atoms with Crippen molar-refractivity contribution >= 4 is 17.6 Å². The molecule has 8 heteroatoms. The number of benzene rings is 1. The average molecular weight is 409 g/mol. The molecule has 2 amide bonds. The molecular formula is C22H28N6O2. The Kier molecular flexibility index (Phi) is 5.24. The van der Waals surface area contributed by atoms with Crippen LogP contribution in [0.1, 0.15) is 54.2 Å².